The van der Waals surface area contributed by atoms with Crippen LogP contribution in [0.4, 0.5) is 0 Å². The smallest absolute Gasteiger partial charge is 0.337 e. The van der Waals surface area contributed by atoms with Crippen LogP contribution in [-0.2, 0) is 8.85 Å². The first-order valence-electron chi connectivity index (χ1n) is 5.17. The molecular weight excluding hydrogens is 228 g/mol. The highest BCUT2D eigenvalue weighted by atomic mass is 32.2. The standard InChI is InChI=1S/C9H22N2O2SSi/c1-4-7-15(12-2,13-3)8-5-6-14-9(10)11/h4-8H2,1-3H3,(H3,10,11). The zero-order valence-electron chi connectivity index (χ0n) is 9.84. The van der Waals surface area contributed by atoms with Crippen LogP contribution in [0.5, 0.6) is 0 Å². The fourth-order valence-electron chi connectivity index (χ4n) is 1.52. The summed E-state index contributed by atoms with van der Waals surface area (Å²) in [7, 11) is 1.54. The number of amidine groups is 1. The Morgan fingerprint density at radius 1 is 1.33 bits per heavy atom. The van der Waals surface area contributed by atoms with Crippen LogP contribution in [0.1, 0.15) is 19.8 Å². The molecule has 0 aromatic rings. The Bertz CT molecular complexity index is 189. The van der Waals surface area contributed by atoms with Gasteiger partial charge in [0.25, 0.3) is 0 Å². The summed E-state index contributed by atoms with van der Waals surface area (Å²) in [5.41, 5.74) is 5.26. The Balaban J connectivity index is 3.89. The summed E-state index contributed by atoms with van der Waals surface area (Å²) in [6.45, 7) is 2.14. The molecular formula is C9H22N2O2SSi. The SMILES string of the molecule is CCC[Si](CCCSC(=N)N)(OC)OC. The molecule has 90 valence electrons. The fraction of sp³-hybridized carbons (Fsp3) is 0.889. The van der Waals surface area contributed by atoms with Gasteiger partial charge in [0.15, 0.2) is 5.17 Å². The molecule has 0 aliphatic rings. The normalized spacial score (nSPS) is 11.7. The van der Waals surface area contributed by atoms with Gasteiger partial charge in [-0.3, -0.25) is 5.41 Å². The van der Waals surface area contributed by atoms with Gasteiger partial charge in [0.05, 0.1) is 0 Å². The quantitative estimate of drug-likeness (QED) is 0.300. The third-order valence-electron chi connectivity index (χ3n) is 2.33. The Kier molecular flexibility index (Phi) is 8.13. The molecule has 0 saturated carbocycles. The molecule has 0 bridgehead atoms. The van der Waals surface area contributed by atoms with Crippen molar-refractivity contribution in [3.8, 4) is 0 Å². The van der Waals surface area contributed by atoms with Crippen LogP contribution in [0.3, 0.4) is 0 Å². The van der Waals surface area contributed by atoms with E-state index in [2.05, 4.69) is 6.92 Å². The zero-order chi connectivity index (χ0) is 11.7. The maximum Gasteiger partial charge on any atom is 0.337 e. The maximum atomic E-state index is 7.09. The monoisotopic (exact) mass is 250 g/mol. The first kappa shape index (κ1) is 15.0. The number of rotatable bonds is 8. The van der Waals surface area contributed by atoms with E-state index in [1.807, 2.05) is 0 Å². The van der Waals surface area contributed by atoms with Gasteiger partial charge in [0, 0.05) is 20.0 Å². The van der Waals surface area contributed by atoms with Crippen molar-refractivity contribution >= 4 is 25.5 Å². The highest BCUT2D eigenvalue weighted by Crippen LogP contribution is 2.22. The van der Waals surface area contributed by atoms with Gasteiger partial charge in [0.1, 0.15) is 0 Å². The average molecular weight is 250 g/mol. The minimum atomic E-state index is -1.94. The Morgan fingerprint density at radius 2 is 1.93 bits per heavy atom. The van der Waals surface area contributed by atoms with Gasteiger partial charge in [-0.15, -0.1) is 0 Å². The number of nitrogens with one attached hydrogen (secondary N) is 1. The van der Waals surface area contributed by atoms with E-state index in [-0.39, 0.29) is 5.17 Å². The molecule has 0 aromatic heterocycles. The Morgan fingerprint density at radius 3 is 2.33 bits per heavy atom. The molecule has 0 heterocycles. The Labute approximate surface area is 97.7 Å². The van der Waals surface area contributed by atoms with E-state index in [9.17, 15) is 0 Å². The summed E-state index contributed by atoms with van der Waals surface area (Å²) >= 11 is 1.38. The van der Waals surface area contributed by atoms with Crippen molar-refractivity contribution in [2.24, 2.45) is 5.73 Å². The molecule has 0 atom stereocenters. The second kappa shape index (κ2) is 8.15. The summed E-state index contributed by atoms with van der Waals surface area (Å²) in [5, 5.41) is 7.28. The van der Waals surface area contributed by atoms with Crippen LogP contribution >= 0.6 is 11.8 Å². The molecule has 0 aromatic carbocycles. The van der Waals surface area contributed by atoms with Gasteiger partial charge >= 0.3 is 8.56 Å². The van der Waals surface area contributed by atoms with E-state index in [1.165, 1.54) is 11.8 Å². The van der Waals surface area contributed by atoms with Gasteiger partial charge in [0.2, 0.25) is 0 Å². The predicted molar refractivity (Wildman–Crippen MR) is 68.7 cm³/mol. The topological polar surface area (TPSA) is 68.3 Å². The summed E-state index contributed by atoms with van der Waals surface area (Å²) in [6.07, 6.45) is 2.09. The lowest BCUT2D eigenvalue weighted by Gasteiger charge is -2.26. The summed E-state index contributed by atoms with van der Waals surface area (Å²) < 4.78 is 11.1. The molecule has 0 amide bonds. The molecule has 0 aliphatic heterocycles. The van der Waals surface area contributed by atoms with E-state index in [0.29, 0.717) is 0 Å². The highest BCUT2D eigenvalue weighted by Gasteiger charge is 2.33. The largest absolute Gasteiger partial charge is 0.398 e. The predicted octanol–water partition coefficient (Wildman–Crippen LogP) is 2.15. The molecule has 0 saturated heterocycles. The van der Waals surface area contributed by atoms with Crippen LogP contribution < -0.4 is 5.73 Å². The number of hydrogen-bond donors (Lipinski definition) is 2. The third kappa shape index (κ3) is 6.19. The van der Waals surface area contributed by atoms with Crippen LogP contribution in [0.2, 0.25) is 12.1 Å². The highest BCUT2D eigenvalue weighted by molar-refractivity contribution is 8.13. The van der Waals surface area contributed by atoms with Crippen molar-refractivity contribution in [3.63, 3.8) is 0 Å². The summed E-state index contributed by atoms with van der Waals surface area (Å²) in [5.74, 6) is 0.876. The van der Waals surface area contributed by atoms with Crippen LogP contribution in [0.15, 0.2) is 0 Å². The van der Waals surface area contributed by atoms with Crippen molar-refractivity contribution in [1.29, 1.82) is 5.41 Å². The van der Waals surface area contributed by atoms with E-state index >= 15 is 0 Å². The molecule has 0 fully saturated rings. The van der Waals surface area contributed by atoms with Crippen molar-refractivity contribution in [3.05, 3.63) is 0 Å². The minimum Gasteiger partial charge on any atom is -0.398 e. The lowest BCUT2D eigenvalue weighted by molar-refractivity contribution is 0.240. The lowest BCUT2D eigenvalue weighted by atomic mass is 10.6. The molecule has 0 spiro atoms. The van der Waals surface area contributed by atoms with Gasteiger partial charge in [-0.05, 0) is 18.5 Å². The first-order chi connectivity index (χ1) is 7.10. The zero-order valence-corrected chi connectivity index (χ0v) is 11.7. The number of thioether (sulfide) groups is 1. The Hall–Kier alpha value is -0.0431. The molecule has 6 heteroatoms. The summed E-state index contributed by atoms with van der Waals surface area (Å²) in [6, 6.07) is 2.01. The van der Waals surface area contributed by atoms with Crippen molar-refractivity contribution < 1.29 is 8.85 Å². The van der Waals surface area contributed by atoms with Crippen LogP contribution in [-0.4, -0.2) is 33.7 Å². The lowest BCUT2D eigenvalue weighted by Crippen LogP contribution is -2.39. The van der Waals surface area contributed by atoms with Gasteiger partial charge in [-0.1, -0.05) is 25.1 Å². The van der Waals surface area contributed by atoms with E-state index in [1.54, 1.807) is 14.2 Å². The van der Waals surface area contributed by atoms with E-state index in [4.69, 9.17) is 20.0 Å². The second-order valence-corrected chi connectivity index (χ2v) is 8.16. The fourth-order valence-corrected chi connectivity index (χ4v) is 5.00. The minimum absolute atomic E-state index is 0.188. The van der Waals surface area contributed by atoms with Gasteiger partial charge < -0.3 is 14.6 Å². The number of nitrogens with two attached hydrogens (primary N) is 1. The molecule has 15 heavy (non-hydrogen) atoms. The first-order valence-corrected chi connectivity index (χ1v) is 8.39. The van der Waals surface area contributed by atoms with Gasteiger partial charge in [-0.25, -0.2) is 0 Å². The van der Waals surface area contributed by atoms with Crippen molar-refractivity contribution in [2.75, 3.05) is 20.0 Å². The molecule has 0 radical (unpaired) electrons. The van der Waals surface area contributed by atoms with Crippen LogP contribution in [0, 0.1) is 5.41 Å². The van der Waals surface area contributed by atoms with Crippen LogP contribution in [0.25, 0.3) is 0 Å². The number of hydrogen-bond acceptors (Lipinski definition) is 4. The van der Waals surface area contributed by atoms with Crippen molar-refractivity contribution in [1.82, 2.24) is 0 Å². The molecule has 4 nitrogen and oxygen atoms in total. The van der Waals surface area contributed by atoms with E-state index < -0.39 is 8.56 Å². The van der Waals surface area contributed by atoms with Gasteiger partial charge in [-0.2, -0.15) is 0 Å². The second-order valence-electron chi connectivity index (χ2n) is 3.39. The van der Waals surface area contributed by atoms with E-state index in [0.717, 1.165) is 30.7 Å². The molecule has 0 aliphatic carbocycles. The average Bonchev–Trinajstić information content (AvgIpc) is 2.22. The van der Waals surface area contributed by atoms with Crippen molar-refractivity contribution in [2.45, 2.75) is 31.9 Å². The molecule has 0 unspecified atom stereocenters. The molecule has 3 N–H and O–H groups in total. The maximum absolute atomic E-state index is 7.09. The summed E-state index contributed by atoms with van der Waals surface area (Å²) in [4.78, 5) is 0. The molecule has 0 rings (SSSR count). The third-order valence-corrected chi connectivity index (χ3v) is 7.00.